The minimum Gasteiger partial charge on any atom is -0.491 e. The number of fused-ring (bicyclic) bond motifs is 1. The maximum atomic E-state index is 11.9. The van der Waals surface area contributed by atoms with Crippen molar-refractivity contribution >= 4 is 22.4 Å². The van der Waals surface area contributed by atoms with Crippen LogP contribution in [0.1, 0.15) is 15.9 Å². The predicted molar refractivity (Wildman–Crippen MR) is 100 cm³/mol. The Morgan fingerprint density at radius 1 is 1.00 bits per heavy atom. The third-order valence-electron chi connectivity index (χ3n) is 4.09. The van der Waals surface area contributed by atoms with Gasteiger partial charge in [-0.2, -0.15) is 0 Å². The lowest BCUT2D eigenvalue weighted by Crippen LogP contribution is -2.15. The van der Waals surface area contributed by atoms with E-state index in [0.29, 0.717) is 18.7 Å². The second-order valence-corrected chi connectivity index (χ2v) is 5.74. The SMILES string of the molecule is COC(=O)c1cccc(C)c1NCCOc1cccc2ccccc12. The lowest BCUT2D eigenvalue weighted by Gasteiger charge is -2.14. The van der Waals surface area contributed by atoms with Crippen LogP contribution in [0.2, 0.25) is 0 Å². The van der Waals surface area contributed by atoms with Crippen LogP contribution < -0.4 is 10.1 Å². The van der Waals surface area contributed by atoms with E-state index in [1.165, 1.54) is 7.11 Å². The highest BCUT2D eigenvalue weighted by Gasteiger charge is 2.13. The summed E-state index contributed by atoms with van der Waals surface area (Å²) in [5.41, 5.74) is 2.32. The van der Waals surface area contributed by atoms with Crippen molar-refractivity contribution in [3.05, 3.63) is 71.8 Å². The number of hydrogen-bond acceptors (Lipinski definition) is 4. The van der Waals surface area contributed by atoms with Gasteiger partial charge in [-0.3, -0.25) is 0 Å². The highest BCUT2D eigenvalue weighted by atomic mass is 16.5. The summed E-state index contributed by atoms with van der Waals surface area (Å²) < 4.78 is 10.8. The molecule has 0 bridgehead atoms. The number of esters is 1. The number of ether oxygens (including phenoxy) is 2. The molecular formula is C21H21NO3. The van der Waals surface area contributed by atoms with Crippen LogP contribution in [0, 0.1) is 6.92 Å². The molecular weight excluding hydrogens is 314 g/mol. The molecule has 0 aromatic heterocycles. The Morgan fingerprint density at radius 2 is 1.76 bits per heavy atom. The van der Waals surface area contributed by atoms with E-state index in [9.17, 15) is 4.79 Å². The Bertz CT molecular complexity index is 884. The lowest BCUT2D eigenvalue weighted by molar-refractivity contribution is 0.0601. The maximum Gasteiger partial charge on any atom is 0.339 e. The van der Waals surface area contributed by atoms with Crippen LogP contribution in [0.5, 0.6) is 5.75 Å². The third-order valence-corrected chi connectivity index (χ3v) is 4.09. The summed E-state index contributed by atoms with van der Waals surface area (Å²) in [5, 5.41) is 5.54. The fraction of sp³-hybridized carbons (Fsp3) is 0.190. The van der Waals surface area contributed by atoms with Crippen molar-refractivity contribution in [1.29, 1.82) is 0 Å². The number of nitrogens with one attached hydrogen (secondary N) is 1. The molecule has 0 fully saturated rings. The molecule has 0 unspecified atom stereocenters. The number of carbonyl (C=O) groups excluding carboxylic acids is 1. The van der Waals surface area contributed by atoms with E-state index >= 15 is 0 Å². The van der Waals surface area contributed by atoms with Crippen LogP contribution in [-0.2, 0) is 4.74 Å². The molecule has 0 saturated heterocycles. The van der Waals surface area contributed by atoms with Crippen LogP contribution >= 0.6 is 0 Å². The van der Waals surface area contributed by atoms with Crippen LogP contribution in [0.3, 0.4) is 0 Å². The number of anilines is 1. The van der Waals surface area contributed by atoms with Gasteiger partial charge in [0.05, 0.1) is 18.4 Å². The van der Waals surface area contributed by atoms with Gasteiger partial charge in [0.1, 0.15) is 12.4 Å². The molecule has 3 aromatic rings. The highest BCUT2D eigenvalue weighted by molar-refractivity contribution is 5.96. The number of benzene rings is 3. The Hall–Kier alpha value is -3.01. The summed E-state index contributed by atoms with van der Waals surface area (Å²) >= 11 is 0. The summed E-state index contributed by atoms with van der Waals surface area (Å²) in [6.45, 7) is 3.03. The average Bonchev–Trinajstić information content (AvgIpc) is 2.65. The molecule has 0 atom stereocenters. The van der Waals surface area contributed by atoms with Gasteiger partial charge in [-0.25, -0.2) is 4.79 Å². The van der Waals surface area contributed by atoms with Gasteiger partial charge in [-0.1, -0.05) is 48.5 Å². The molecule has 3 aromatic carbocycles. The molecule has 0 amide bonds. The van der Waals surface area contributed by atoms with E-state index in [1.807, 2.05) is 43.3 Å². The molecule has 4 heteroatoms. The topological polar surface area (TPSA) is 47.6 Å². The number of aryl methyl sites for hydroxylation is 1. The molecule has 0 aliphatic rings. The van der Waals surface area contributed by atoms with Crippen molar-refractivity contribution in [2.75, 3.05) is 25.6 Å². The Labute approximate surface area is 147 Å². The molecule has 4 nitrogen and oxygen atoms in total. The first kappa shape index (κ1) is 16.8. The largest absolute Gasteiger partial charge is 0.491 e. The second kappa shape index (κ2) is 7.71. The number of carbonyl (C=O) groups is 1. The second-order valence-electron chi connectivity index (χ2n) is 5.74. The first-order valence-electron chi connectivity index (χ1n) is 8.23. The summed E-state index contributed by atoms with van der Waals surface area (Å²) in [6.07, 6.45) is 0. The van der Waals surface area contributed by atoms with Crippen molar-refractivity contribution in [1.82, 2.24) is 0 Å². The number of rotatable bonds is 6. The molecule has 0 saturated carbocycles. The third kappa shape index (κ3) is 3.74. The zero-order chi connectivity index (χ0) is 17.6. The standard InChI is InChI=1S/C21H21NO3/c1-15-7-5-11-18(21(23)24-2)20(15)22-13-14-25-19-12-6-9-16-8-3-4-10-17(16)19/h3-12,22H,13-14H2,1-2H3. The number of para-hydroxylation sites is 1. The molecule has 25 heavy (non-hydrogen) atoms. The predicted octanol–water partition coefficient (Wildman–Crippen LogP) is 4.43. The first-order valence-corrected chi connectivity index (χ1v) is 8.23. The highest BCUT2D eigenvalue weighted by Crippen LogP contribution is 2.25. The van der Waals surface area contributed by atoms with Crippen LogP contribution in [0.25, 0.3) is 10.8 Å². The molecule has 3 rings (SSSR count). The summed E-state index contributed by atoms with van der Waals surface area (Å²) in [5.74, 6) is 0.513. The summed E-state index contributed by atoms with van der Waals surface area (Å²) in [7, 11) is 1.39. The minimum atomic E-state index is -0.346. The van der Waals surface area contributed by atoms with Crippen LogP contribution in [0.15, 0.2) is 60.7 Å². The van der Waals surface area contributed by atoms with Gasteiger partial charge in [0.25, 0.3) is 0 Å². The van der Waals surface area contributed by atoms with Gasteiger partial charge in [-0.15, -0.1) is 0 Å². The zero-order valence-corrected chi connectivity index (χ0v) is 14.4. The average molecular weight is 335 g/mol. The molecule has 1 N–H and O–H groups in total. The quantitative estimate of drug-likeness (QED) is 0.535. The monoisotopic (exact) mass is 335 g/mol. The maximum absolute atomic E-state index is 11.9. The van der Waals surface area contributed by atoms with E-state index in [0.717, 1.165) is 27.8 Å². The van der Waals surface area contributed by atoms with Crippen molar-refractivity contribution in [2.24, 2.45) is 0 Å². The van der Waals surface area contributed by atoms with Gasteiger partial charge in [0.2, 0.25) is 0 Å². The minimum absolute atomic E-state index is 0.346. The summed E-state index contributed by atoms with van der Waals surface area (Å²) in [4.78, 5) is 11.9. The van der Waals surface area contributed by atoms with Gasteiger partial charge >= 0.3 is 5.97 Å². The Morgan fingerprint density at radius 3 is 2.60 bits per heavy atom. The molecule has 0 aliphatic carbocycles. The van der Waals surface area contributed by atoms with E-state index in [2.05, 4.69) is 23.5 Å². The number of methoxy groups -OCH3 is 1. The zero-order valence-electron chi connectivity index (χ0n) is 14.4. The molecule has 0 heterocycles. The number of hydrogen-bond donors (Lipinski definition) is 1. The molecule has 128 valence electrons. The Balaban J connectivity index is 1.67. The fourth-order valence-electron chi connectivity index (χ4n) is 2.84. The van der Waals surface area contributed by atoms with E-state index < -0.39 is 0 Å². The Kier molecular flexibility index (Phi) is 5.19. The van der Waals surface area contributed by atoms with Gasteiger partial charge < -0.3 is 14.8 Å². The molecule has 0 aliphatic heterocycles. The molecule has 0 spiro atoms. The lowest BCUT2D eigenvalue weighted by atomic mass is 10.1. The van der Waals surface area contributed by atoms with Gasteiger partial charge in [0, 0.05) is 11.9 Å². The van der Waals surface area contributed by atoms with Crippen molar-refractivity contribution in [2.45, 2.75) is 6.92 Å². The van der Waals surface area contributed by atoms with Gasteiger partial charge in [0.15, 0.2) is 0 Å². The summed E-state index contributed by atoms with van der Waals surface area (Å²) in [6, 6.07) is 19.7. The van der Waals surface area contributed by atoms with Gasteiger partial charge in [-0.05, 0) is 30.0 Å². The first-order chi connectivity index (χ1) is 12.2. The van der Waals surface area contributed by atoms with Crippen LogP contribution in [-0.4, -0.2) is 26.2 Å². The van der Waals surface area contributed by atoms with E-state index in [4.69, 9.17) is 9.47 Å². The van der Waals surface area contributed by atoms with Crippen LogP contribution in [0.4, 0.5) is 5.69 Å². The van der Waals surface area contributed by atoms with Crippen molar-refractivity contribution in [3.8, 4) is 5.75 Å². The van der Waals surface area contributed by atoms with Crippen molar-refractivity contribution in [3.63, 3.8) is 0 Å². The smallest absolute Gasteiger partial charge is 0.339 e. The van der Waals surface area contributed by atoms with E-state index in [1.54, 1.807) is 6.07 Å². The fourth-order valence-corrected chi connectivity index (χ4v) is 2.84. The molecule has 0 radical (unpaired) electrons. The van der Waals surface area contributed by atoms with Crippen molar-refractivity contribution < 1.29 is 14.3 Å². The van der Waals surface area contributed by atoms with E-state index in [-0.39, 0.29) is 5.97 Å². The normalized spacial score (nSPS) is 10.5.